The van der Waals surface area contributed by atoms with Crippen molar-refractivity contribution in [1.29, 1.82) is 0 Å². The topological polar surface area (TPSA) is 73.3 Å². The van der Waals surface area contributed by atoms with Crippen molar-refractivity contribution in [2.24, 2.45) is 0 Å². The predicted octanol–water partition coefficient (Wildman–Crippen LogP) is 6.24. The lowest BCUT2D eigenvalue weighted by molar-refractivity contribution is -0.123. The van der Waals surface area contributed by atoms with Crippen LogP contribution in [0.15, 0.2) is 89.7 Å². The summed E-state index contributed by atoms with van der Waals surface area (Å²) in [5, 5.41) is 2.26. The average molecular weight is 600 g/mol. The van der Waals surface area contributed by atoms with Crippen LogP contribution in [-0.2, 0) is 24.4 Å². The van der Waals surface area contributed by atoms with Gasteiger partial charge >= 0.3 is 0 Å². The standard InChI is InChI=1S/C29H25BrF3N3O3/c30-23-12-11-21(14-24(23)31)13-22(28(37)34-15-25(32)33)26-27(38-16-19-7-3-1-4-8-19)29(36-18-35-26)39-17-20-9-5-2-6-10-20/h1-12,14,18,22,25H,13,15-17H2,(H,34,37). The maximum Gasteiger partial charge on any atom is 0.260 e. The molecule has 0 aliphatic rings. The fourth-order valence-electron chi connectivity index (χ4n) is 3.83. The molecule has 39 heavy (non-hydrogen) atoms. The number of alkyl halides is 2. The Hall–Kier alpha value is -3.92. The van der Waals surface area contributed by atoms with Crippen LogP contribution in [0.2, 0.25) is 0 Å². The number of carbonyl (C=O) groups excluding carboxylic acids is 1. The van der Waals surface area contributed by atoms with Gasteiger partial charge in [0.25, 0.3) is 12.3 Å². The molecule has 0 aliphatic heterocycles. The third-order valence-corrected chi connectivity index (χ3v) is 6.39. The van der Waals surface area contributed by atoms with Crippen LogP contribution in [0, 0.1) is 5.82 Å². The van der Waals surface area contributed by atoms with E-state index in [1.54, 1.807) is 6.07 Å². The molecule has 1 amide bonds. The van der Waals surface area contributed by atoms with E-state index in [1.807, 2.05) is 60.7 Å². The summed E-state index contributed by atoms with van der Waals surface area (Å²) < 4.78 is 52.6. The molecule has 1 N–H and O–H groups in total. The van der Waals surface area contributed by atoms with Gasteiger partial charge in [-0.2, -0.15) is 4.98 Å². The van der Waals surface area contributed by atoms with E-state index in [9.17, 15) is 18.0 Å². The summed E-state index contributed by atoms with van der Waals surface area (Å²) in [6, 6.07) is 23.1. The van der Waals surface area contributed by atoms with Gasteiger partial charge in [-0.05, 0) is 51.2 Å². The number of rotatable bonds is 12. The zero-order chi connectivity index (χ0) is 27.6. The van der Waals surface area contributed by atoms with Crippen LogP contribution in [0.1, 0.15) is 28.3 Å². The Kier molecular flexibility index (Phi) is 9.91. The second kappa shape index (κ2) is 13.7. The highest BCUT2D eigenvalue weighted by Gasteiger charge is 2.30. The van der Waals surface area contributed by atoms with E-state index in [0.717, 1.165) is 11.1 Å². The Morgan fingerprint density at radius 2 is 1.51 bits per heavy atom. The predicted molar refractivity (Wildman–Crippen MR) is 143 cm³/mol. The van der Waals surface area contributed by atoms with Crippen molar-refractivity contribution in [1.82, 2.24) is 15.3 Å². The lowest BCUT2D eigenvalue weighted by atomic mass is 9.94. The van der Waals surface area contributed by atoms with Gasteiger partial charge in [-0.3, -0.25) is 4.79 Å². The Labute approximate surface area is 232 Å². The van der Waals surface area contributed by atoms with Gasteiger partial charge < -0.3 is 14.8 Å². The third kappa shape index (κ3) is 8.03. The minimum atomic E-state index is -2.75. The fourth-order valence-corrected chi connectivity index (χ4v) is 4.08. The number of halogens is 4. The molecule has 4 aromatic rings. The number of hydrogen-bond donors (Lipinski definition) is 1. The zero-order valence-electron chi connectivity index (χ0n) is 20.7. The van der Waals surface area contributed by atoms with Gasteiger partial charge in [-0.15, -0.1) is 0 Å². The Bertz CT molecular complexity index is 1380. The Morgan fingerprint density at radius 1 is 0.872 bits per heavy atom. The van der Waals surface area contributed by atoms with Gasteiger partial charge in [0.05, 0.1) is 16.9 Å². The SMILES string of the molecule is O=C(NCC(F)F)C(Cc1ccc(Br)c(F)c1)c1ncnc(OCc2ccccc2)c1OCc1ccccc1. The molecule has 4 rings (SSSR count). The number of amides is 1. The highest BCUT2D eigenvalue weighted by atomic mass is 79.9. The highest BCUT2D eigenvalue weighted by molar-refractivity contribution is 9.10. The van der Waals surface area contributed by atoms with Crippen LogP contribution >= 0.6 is 15.9 Å². The van der Waals surface area contributed by atoms with Gasteiger partial charge in [0.15, 0.2) is 0 Å². The van der Waals surface area contributed by atoms with Crippen molar-refractivity contribution < 1.29 is 27.4 Å². The van der Waals surface area contributed by atoms with Crippen molar-refractivity contribution in [3.63, 3.8) is 0 Å². The van der Waals surface area contributed by atoms with Crippen LogP contribution < -0.4 is 14.8 Å². The molecule has 1 unspecified atom stereocenters. The summed E-state index contributed by atoms with van der Waals surface area (Å²) in [4.78, 5) is 21.8. The maximum atomic E-state index is 14.3. The molecule has 3 aromatic carbocycles. The molecule has 10 heteroatoms. The number of hydrogen-bond acceptors (Lipinski definition) is 5. The number of benzene rings is 3. The first kappa shape index (κ1) is 28.1. The second-order valence-electron chi connectivity index (χ2n) is 8.58. The minimum Gasteiger partial charge on any atom is -0.482 e. The van der Waals surface area contributed by atoms with Crippen LogP contribution in [-0.4, -0.2) is 28.8 Å². The molecule has 1 aromatic heterocycles. The zero-order valence-corrected chi connectivity index (χ0v) is 22.3. The Balaban J connectivity index is 1.72. The van der Waals surface area contributed by atoms with Crippen molar-refractivity contribution in [2.45, 2.75) is 32.0 Å². The van der Waals surface area contributed by atoms with Crippen molar-refractivity contribution in [3.8, 4) is 11.6 Å². The van der Waals surface area contributed by atoms with E-state index >= 15 is 0 Å². The number of nitrogens with one attached hydrogen (secondary N) is 1. The maximum absolute atomic E-state index is 14.3. The quantitative estimate of drug-likeness (QED) is 0.208. The molecule has 202 valence electrons. The van der Waals surface area contributed by atoms with E-state index in [2.05, 4.69) is 31.2 Å². The van der Waals surface area contributed by atoms with Crippen LogP contribution in [0.5, 0.6) is 11.6 Å². The first-order valence-corrected chi connectivity index (χ1v) is 12.9. The average Bonchev–Trinajstić information content (AvgIpc) is 2.95. The molecule has 0 aliphatic carbocycles. The molecule has 6 nitrogen and oxygen atoms in total. The van der Waals surface area contributed by atoms with Crippen molar-refractivity contribution >= 4 is 21.8 Å². The molecular weight excluding hydrogens is 575 g/mol. The molecule has 1 atom stereocenters. The number of nitrogens with zero attached hydrogens (tertiary/aromatic N) is 2. The fraction of sp³-hybridized carbons (Fsp3) is 0.207. The molecule has 0 saturated carbocycles. The lowest BCUT2D eigenvalue weighted by Gasteiger charge is -2.21. The van der Waals surface area contributed by atoms with Crippen LogP contribution in [0.25, 0.3) is 0 Å². The van der Waals surface area contributed by atoms with Gasteiger partial charge in [0, 0.05) is 0 Å². The molecule has 1 heterocycles. The summed E-state index contributed by atoms with van der Waals surface area (Å²) in [7, 11) is 0. The minimum absolute atomic E-state index is 0.0316. The normalized spacial score (nSPS) is 11.7. The van der Waals surface area contributed by atoms with Crippen molar-refractivity contribution in [3.05, 3.63) is 118 Å². The summed E-state index contributed by atoms with van der Waals surface area (Å²) in [5.41, 5.74) is 2.32. The largest absolute Gasteiger partial charge is 0.482 e. The lowest BCUT2D eigenvalue weighted by Crippen LogP contribution is -2.34. The third-order valence-electron chi connectivity index (χ3n) is 5.74. The number of ether oxygens (including phenoxy) is 2. The molecule has 0 saturated heterocycles. The van der Waals surface area contributed by atoms with E-state index in [4.69, 9.17) is 9.47 Å². The van der Waals surface area contributed by atoms with Gasteiger partial charge in [0.2, 0.25) is 11.7 Å². The monoisotopic (exact) mass is 599 g/mol. The molecular formula is C29H25BrF3N3O3. The van der Waals surface area contributed by atoms with E-state index in [0.29, 0.717) is 5.56 Å². The van der Waals surface area contributed by atoms with Crippen molar-refractivity contribution in [2.75, 3.05) is 6.54 Å². The smallest absolute Gasteiger partial charge is 0.260 e. The van der Waals surface area contributed by atoms with E-state index in [-0.39, 0.29) is 41.4 Å². The number of carbonyl (C=O) groups is 1. The summed E-state index contributed by atoms with van der Waals surface area (Å²) >= 11 is 3.12. The summed E-state index contributed by atoms with van der Waals surface area (Å²) in [6.45, 7) is -0.562. The first-order valence-electron chi connectivity index (χ1n) is 12.1. The number of aromatic nitrogens is 2. The van der Waals surface area contributed by atoms with Crippen LogP contribution in [0.3, 0.4) is 0 Å². The molecule has 0 fully saturated rings. The van der Waals surface area contributed by atoms with E-state index < -0.39 is 30.6 Å². The molecule has 0 spiro atoms. The van der Waals surface area contributed by atoms with E-state index in [1.165, 1.54) is 18.5 Å². The van der Waals surface area contributed by atoms with Crippen LogP contribution in [0.4, 0.5) is 13.2 Å². The highest BCUT2D eigenvalue weighted by Crippen LogP contribution is 2.36. The first-order chi connectivity index (χ1) is 18.9. The van der Waals surface area contributed by atoms with Gasteiger partial charge in [-0.25, -0.2) is 18.2 Å². The summed E-state index contributed by atoms with van der Waals surface area (Å²) in [5.74, 6) is -2.14. The van der Waals surface area contributed by atoms with Gasteiger partial charge in [0.1, 0.15) is 31.1 Å². The van der Waals surface area contributed by atoms with Gasteiger partial charge in [-0.1, -0.05) is 66.7 Å². The summed E-state index contributed by atoms with van der Waals surface area (Å²) in [6.07, 6.45) is -1.56. The Morgan fingerprint density at radius 3 is 2.13 bits per heavy atom. The molecule has 0 radical (unpaired) electrons. The molecule has 0 bridgehead atoms. The second-order valence-corrected chi connectivity index (χ2v) is 9.44.